The molecule has 5 nitrogen and oxygen atoms in total. The maximum atomic E-state index is 11.7. The highest BCUT2D eigenvalue weighted by atomic mass is 32.2. The molecule has 6 heteroatoms. The van der Waals surface area contributed by atoms with Crippen LogP contribution in [0.4, 0.5) is 0 Å². The Bertz CT molecular complexity index is 256. The topological polar surface area (TPSA) is 77.8 Å². The van der Waals surface area contributed by atoms with E-state index < -0.39 is 29.1 Å². The van der Waals surface area contributed by atoms with E-state index in [1.54, 1.807) is 13.8 Å². The van der Waals surface area contributed by atoms with Crippen LogP contribution >= 0.6 is 0 Å². The summed E-state index contributed by atoms with van der Waals surface area (Å²) in [6.45, 7) is 3.71. The third-order valence-electron chi connectivity index (χ3n) is 2.15. The first kappa shape index (κ1) is 11.6. The van der Waals surface area contributed by atoms with Gasteiger partial charge in [0.1, 0.15) is 6.04 Å². The van der Waals surface area contributed by atoms with E-state index in [0.29, 0.717) is 0 Å². The predicted octanol–water partition coefficient (Wildman–Crippen LogP) is -0.422. The molecule has 1 fully saturated rings. The number of hydrogen-bond donors (Lipinski definition) is 2. The first-order chi connectivity index (χ1) is 6.43. The molecule has 0 aromatic rings. The summed E-state index contributed by atoms with van der Waals surface area (Å²) in [7, 11) is -1.33. The summed E-state index contributed by atoms with van der Waals surface area (Å²) in [6.07, 6.45) is -0.521. The van der Waals surface area contributed by atoms with Crippen LogP contribution in [-0.4, -0.2) is 48.6 Å². The van der Waals surface area contributed by atoms with Gasteiger partial charge in [0, 0.05) is 18.2 Å². The van der Waals surface area contributed by atoms with Crippen LogP contribution in [0.2, 0.25) is 0 Å². The largest absolute Gasteiger partial charge is 0.480 e. The lowest BCUT2D eigenvalue weighted by Crippen LogP contribution is -2.40. The van der Waals surface area contributed by atoms with Gasteiger partial charge in [0.15, 0.2) is 0 Å². The van der Waals surface area contributed by atoms with Crippen molar-refractivity contribution < 1.29 is 19.2 Å². The molecule has 0 aromatic carbocycles. The van der Waals surface area contributed by atoms with Crippen LogP contribution in [0.15, 0.2) is 0 Å². The molecule has 1 unspecified atom stereocenters. The molecule has 82 valence electrons. The van der Waals surface area contributed by atoms with Gasteiger partial charge >= 0.3 is 5.97 Å². The minimum absolute atomic E-state index is 0.123. The number of carbonyl (C=O) groups is 1. The Morgan fingerprint density at radius 2 is 2.14 bits per heavy atom. The molecule has 0 radical (unpaired) electrons. The lowest BCUT2D eigenvalue weighted by atomic mass is 10.2. The van der Waals surface area contributed by atoms with Crippen LogP contribution in [0.5, 0.6) is 0 Å². The van der Waals surface area contributed by atoms with Gasteiger partial charge in [0.2, 0.25) is 0 Å². The van der Waals surface area contributed by atoms with Crippen molar-refractivity contribution in [1.82, 2.24) is 4.31 Å². The quantitative estimate of drug-likeness (QED) is 0.678. The summed E-state index contributed by atoms with van der Waals surface area (Å²) in [5.41, 5.74) is 0. The normalized spacial score (nSPS) is 30.9. The molecular formula is C8H15NO4S. The second-order valence-corrected chi connectivity index (χ2v) is 5.63. The number of carboxylic acids is 1. The second-order valence-electron chi connectivity index (χ2n) is 3.67. The number of nitrogens with zero attached hydrogens (tertiary/aromatic N) is 1. The fourth-order valence-electron chi connectivity index (χ4n) is 1.48. The fraction of sp³-hybridized carbons (Fsp3) is 0.875. The lowest BCUT2D eigenvalue weighted by Gasteiger charge is -2.21. The molecule has 1 aliphatic heterocycles. The third kappa shape index (κ3) is 2.31. The zero-order valence-electron chi connectivity index (χ0n) is 8.21. The monoisotopic (exact) mass is 221 g/mol. The highest BCUT2D eigenvalue weighted by Gasteiger charge is 2.39. The van der Waals surface area contributed by atoms with Gasteiger partial charge < -0.3 is 10.2 Å². The van der Waals surface area contributed by atoms with Crippen LogP contribution in [0.1, 0.15) is 20.3 Å². The van der Waals surface area contributed by atoms with Gasteiger partial charge in [0.25, 0.3) is 0 Å². The summed E-state index contributed by atoms with van der Waals surface area (Å²) < 4.78 is 13.0. The molecule has 2 N–H and O–H groups in total. The number of rotatable bonds is 3. The molecule has 0 spiro atoms. The van der Waals surface area contributed by atoms with Crippen LogP contribution in [0, 0.1) is 0 Å². The minimum atomic E-state index is -1.33. The zero-order chi connectivity index (χ0) is 10.9. The van der Waals surface area contributed by atoms with Gasteiger partial charge in [-0.25, -0.2) is 8.51 Å². The van der Waals surface area contributed by atoms with Crippen molar-refractivity contribution in [1.29, 1.82) is 0 Å². The van der Waals surface area contributed by atoms with Gasteiger partial charge in [-0.15, -0.1) is 0 Å². The summed E-state index contributed by atoms with van der Waals surface area (Å²) in [6, 6.07) is -0.812. The van der Waals surface area contributed by atoms with E-state index in [1.165, 1.54) is 4.31 Å². The van der Waals surface area contributed by atoms with Crippen LogP contribution in [-0.2, 0) is 15.8 Å². The lowest BCUT2D eigenvalue weighted by molar-refractivity contribution is -0.140. The second kappa shape index (κ2) is 4.37. The average Bonchev–Trinajstić information content (AvgIpc) is 2.45. The standard InChI is InChI=1S/C8H15NO4S/c1-5(2)14(13)9-4-6(10)3-7(9)8(11)12/h5-7,10H,3-4H2,1-2H3,(H,11,12)/t6-,7+,14?/m1/s1. The molecule has 0 amide bonds. The third-order valence-corrected chi connectivity index (χ3v) is 3.83. The Morgan fingerprint density at radius 1 is 1.57 bits per heavy atom. The first-order valence-electron chi connectivity index (χ1n) is 4.51. The fourth-order valence-corrected chi connectivity index (χ4v) is 2.77. The van der Waals surface area contributed by atoms with Crippen molar-refractivity contribution >= 4 is 17.0 Å². The molecule has 3 atom stereocenters. The Labute approximate surface area is 85.3 Å². The van der Waals surface area contributed by atoms with E-state index in [-0.39, 0.29) is 18.2 Å². The maximum Gasteiger partial charge on any atom is 0.322 e. The Morgan fingerprint density at radius 3 is 2.57 bits per heavy atom. The number of aliphatic hydroxyl groups is 1. The van der Waals surface area contributed by atoms with Crippen molar-refractivity contribution in [2.45, 2.75) is 37.7 Å². The van der Waals surface area contributed by atoms with Gasteiger partial charge in [-0.05, 0) is 13.8 Å². The molecule has 1 heterocycles. The van der Waals surface area contributed by atoms with E-state index in [9.17, 15) is 14.1 Å². The Kier molecular flexibility index (Phi) is 3.63. The summed E-state index contributed by atoms with van der Waals surface area (Å²) >= 11 is 0. The van der Waals surface area contributed by atoms with E-state index in [1.807, 2.05) is 0 Å². The van der Waals surface area contributed by atoms with Gasteiger partial charge in [0.05, 0.1) is 17.1 Å². The Hall–Kier alpha value is -0.460. The summed E-state index contributed by atoms with van der Waals surface area (Å²) in [5.74, 6) is -1.02. The summed E-state index contributed by atoms with van der Waals surface area (Å²) in [5, 5.41) is 18.0. The molecule has 1 rings (SSSR count). The molecule has 0 aromatic heterocycles. The molecule has 0 saturated carbocycles. The van der Waals surface area contributed by atoms with E-state index in [2.05, 4.69) is 0 Å². The Balaban J connectivity index is 2.76. The highest BCUT2D eigenvalue weighted by Crippen LogP contribution is 2.21. The zero-order valence-corrected chi connectivity index (χ0v) is 9.03. The minimum Gasteiger partial charge on any atom is -0.480 e. The van der Waals surface area contributed by atoms with Crippen LogP contribution < -0.4 is 0 Å². The summed E-state index contributed by atoms with van der Waals surface area (Å²) in [4.78, 5) is 10.8. The van der Waals surface area contributed by atoms with Crippen molar-refractivity contribution in [3.8, 4) is 0 Å². The molecule has 0 aliphatic carbocycles. The molecule has 0 bridgehead atoms. The van der Waals surface area contributed by atoms with Gasteiger partial charge in [-0.1, -0.05) is 0 Å². The molecule has 1 saturated heterocycles. The molecule has 14 heavy (non-hydrogen) atoms. The van der Waals surface area contributed by atoms with Crippen molar-refractivity contribution in [3.63, 3.8) is 0 Å². The van der Waals surface area contributed by atoms with Gasteiger partial charge in [-0.3, -0.25) is 4.79 Å². The van der Waals surface area contributed by atoms with E-state index in [0.717, 1.165) is 0 Å². The molecule has 1 aliphatic rings. The van der Waals surface area contributed by atoms with Crippen LogP contribution in [0.25, 0.3) is 0 Å². The number of carboxylic acid groups (broad SMARTS) is 1. The predicted molar refractivity (Wildman–Crippen MR) is 52.0 cm³/mol. The smallest absolute Gasteiger partial charge is 0.322 e. The highest BCUT2D eigenvalue weighted by molar-refractivity contribution is 7.83. The number of β-amino-alcohol motifs (C(OH)–C–C–N with tert-alkyl or cyclic N) is 1. The van der Waals surface area contributed by atoms with E-state index in [4.69, 9.17) is 5.11 Å². The van der Waals surface area contributed by atoms with Crippen molar-refractivity contribution in [3.05, 3.63) is 0 Å². The van der Waals surface area contributed by atoms with E-state index >= 15 is 0 Å². The average molecular weight is 221 g/mol. The SMILES string of the molecule is CC(C)S(=O)N1C[C@H](O)C[C@H]1C(=O)O. The van der Waals surface area contributed by atoms with Crippen molar-refractivity contribution in [2.24, 2.45) is 0 Å². The maximum absolute atomic E-state index is 11.7. The molecular weight excluding hydrogens is 206 g/mol. The number of aliphatic hydroxyl groups excluding tert-OH is 1. The number of aliphatic carboxylic acids is 1. The van der Waals surface area contributed by atoms with Crippen molar-refractivity contribution in [2.75, 3.05) is 6.54 Å². The van der Waals surface area contributed by atoms with Gasteiger partial charge in [-0.2, -0.15) is 0 Å². The first-order valence-corrected chi connectivity index (χ1v) is 5.68. The number of hydrogen-bond acceptors (Lipinski definition) is 3. The van der Waals surface area contributed by atoms with Crippen LogP contribution in [0.3, 0.4) is 0 Å².